The molecule has 0 saturated carbocycles. The van der Waals surface area contributed by atoms with Crippen molar-refractivity contribution < 1.29 is 22.4 Å². The lowest BCUT2D eigenvalue weighted by Crippen LogP contribution is -2.42. The Morgan fingerprint density at radius 3 is 2.47 bits per heavy atom. The molecule has 9 heteroatoms. The minimum atomic E-state index is -3.74. The van der Waals surface area contributed by atoms with Gasteiger partial charge in [0.15, 0.2) is 0 Å². The van der Waals surface area contributed by atoms with Gasteiger partial charge in [0.1, 0.15) is 5.82 Å². The molecule has 1 saturated heterocycles. The van der Waals surface area contributed by atoms with Crippen LogP contribution in [0.3, 0.4) is 0 Å². The van der Waals surface area contributed by atoms with Crippen molar-refractivity contribution in [3.05, 3.63) is 66.0 Å². The molecule has 1 atom stereocenters. The van der Waals surface area contributed by atoms with Crippen LogP contribution in [0.5, 0.6) is 0 Å². The molecule has 1 fully saturated rings. The zero-order chi connectivity index (χ0) is 21.1. The molecule has 0 aromatic heterocycles. The quantitative estimate of drug-likeness (QED) is 0.744. The average Bonchev–Trinajstić information content (AvgIpc) is 3.11. The molecule has 2 aromatic carbocycles. The van der Waals surface area contributed by atoms with Crippen LogP contribution >= 0.6 is 0 Å². The zero-order valence-electron chi connectivity index (χ0n) is 16.3. The molecule has 4 rings (SSSR count). The maximum Gasteiger partial charge on any atom is 0.266 e. The Hall–Kier alpha value is -2.78. The van der Waals surface area contributed by atoms with E-state index in [1.807, 2.05) is 30.3 Å². The summed E-state index contributed by atoms with van der Waals surface area (Å²) < 4.78 is 40.2. The van der Waals surface area contributed by atoms with Crippen molar-refractivity contribution in [2.45, 2.75) is 23.8 Å². The van der Waals surface area contributed by atoms with E-state index in [0.29, 0.717) is 25.9 Å². The predicted molar refractivity (Wildman–Crippen MR) is 109 cm³/mol. The standard InChI is InChI=1S/C21H22FN3O4S/c22-17-7-9-18(10-8-17)30(27,28)25-12-4-11-24(13-14-25)21(26)20-15-19(23-29-20)16-5-2-1-3-6-16/h1-3,5-10,20H,4,11-15H2. The maximum absolute atomic E-state index is 13.1. The largest absolute Gasteiger partial charge is 0.382 e. The molecule has 0 aliphatic carbocycles. The summed E-state index contributed by atoms with van der Waals surface area (Å²) in [5, 5.41) is 4.06. The van der Waals surface area contributed by atoms with Crippen molar-refractivity contribution in [2.24, 2.45) is 5.16 Å². The minimum Gasteiger partial charge on any atom is -0.382 e. The topological polar surface area (TPSA) is 79.3 Å². The highest BCUT2D eigenvalue weighted by Gasteiger charge is 2.34. The summed E-state index contributed by atoms with van der Waals surface area (Å²) in [6.45, 7) is 1.17. The first-order valence-electron chi connectivity index (χ1n) is 9.78. The molecule has 0 bridgehead atoms. The third-order valence-corrected chi connectivity index (χ3v) is 7.18. The Labute approximate surface area is 174 Å². The molecule has 7 nitrogen and oxygen atoms in total. The third kappa shape index (κ3) is 4.22. The molecule has 2 aliphatic rings. The van der Waals surface area contributed by atoms with Crippen molar-refractivity contribution in [3.8, 4) is 0 Å². The van der Waals surface area contributed by atoms with Crippen molar-refractivity contribution in [2.75, 3.05) is 26.2 Å². The summed E-state index contributed by atoms with van der Waals surface area (Å²) in [5.74, 6) is -0.680. The molecule has 2 aromatic rings. The molecule has 1 unspecified atom stereocenters. The van der Waals surface area contributed by atoms with Crippen LogP contribution in [0.1, 0.15) is 18.4 Å². The van der Waals surface area contributed by atoms with Crippen LogP contribution in [0.4, 0.5) is 4.39 Å². The van der Waals surface area contributed by atoms with Crippen LogP contribution < -0.4 is 0 Å². The molecule has 1 amide bonds. The lowest BCUT2D eigenvalue weighted by atomic mass is 10.0. The van der Waals surface area contributed by atoms with Gasteiger partial charge in [-0.15, -0.1) is 0 Å². The fraction of sp³-hybridized carbons (Fsp3) is 0.333. The molecular weight excluding hydrogens is 409 g/mol. The van der Waals surface area contributed by atoms with E-state index in [1.165, 1.54) is 16.4 Å². The van der Waals surface area contributed by atoms with Gasteiger partial charge in [0, 0.05) is 32.6 Å². The Morgan fingerprint density at radius 1 is 1.00 bits per heavy atom. The molecule has 30 heavy (non-hydrogen) atoms. The van der Waals surface area contributed by atoms with E-state index >= 15 is 0 Å². The number of sulfonamides is 1. The number of rotatable bonds is 4. The van der Waals surface area contributed by atoms with E-state index < -0.39 is 21.9 Å². The molecule has 0 N–H and O–H groups in total. The monoisotopic (exact) mass is 431 g/mol. The summed E-state index contributed by atoms with van der Waals surface area (Å²) in [4.78, 5) is 20.0. The first-order valence-corrected chi connectivity index (χ1v) is 11.2. The molecule has 0 spiro atoms. The number of oxime groups is 1. The van der Waals surface area contributed by atoms with Gasteiger partial charge in [0.25, 0.3) is 5.91 Å². The van der Waals surface area contributed by atoms with Crippen LogP contribution in [0.2, 0.25) is 0 Å². The predicted octanol–water partition coefficient (Wildman–Crippen LogP) is 2.24. The van der Waals surface area contributed by atoms with E-state index in [1.54, 1.807) is 4.90 Å². The van der Waals surface area contributed by atoms with Crippen molar-refractivity contribution >= 4 is 21.6 Å². The van der Waals surface area contributed by atoms with Crippen LogP contribution in [0.15, 0.2) is 64.6 Å². The number of carbonyl (C=O) groups excluding carboxylic acids is 1. The summed E-state index contributed by atoms with van der Waals surface area (Å²) in [7, 11) is -3.74. The minimum absolute atomic E-state index is 0.0451. The second-order valence-corrected chi connectivity index (χ2v) is 9.18. The molecule has 2 heterocycles. The highest BCUT2D eigenvalue weighted by Crippen LogP contribution is 2.21. The third-order valence-electron chi connectivity index (χ3n) is 5.27. The van der Waals surface area contributed by atoms with Gasteiger partial charge in [-0.1, -0.05) is 35.5 Å². The van der Waals surface area contributed by atoms with Gasteiger partial charge in [0.05, 0.1) is 10.6 Å². The molecule has 2 aliphatic heterocycles. The number of hydrogen-bond acceptors (Lipinski definition) is 5. The highest BCUT2D eigenvalue weighted by atomic mass is 32.2. The second kappa shape index (κ2) is 8.53. The van der Waals surface area contributed by atoms with Crippen molar-refractivity contribution in [1.29, 1.82) is 0 Å². The second-order valence-electron chi connectivity index (χ2n) is 7.24. The SMILES string of the molecule is O=C(C1CC(c2ccccc2)=NO1)N1CCCN(S(=O)(=O)c2ccc(F)cc2)CC1. The lowest BCUT2D eigenvalue weighted by molar-refractivity contribution is -0.141. The van der Waals surface area contributed by atoms with Gasteiger partial charge >= 0.3 is 0 Å². The number of carbonyl (C=O) groups is 1. The summed E-state index contributed by atoms with van der Waals surface area (Å²) in [6, 6.07) is 14.3. The molecule has 158 valence electrons. The van der Waals surface area contributed by atoms with Crippen LogP contribution in [-0.2, 0) is 19.7 Å². The van der Waals surface area contributed by atoms with E-state index in [0.717, 1.165) is 23.4 Å². The van der Waals surface area contributed by atoms with Crippen LogP contribution in [0, 0.1) is 5.82 Å². The fourth-order valence-corrected chi connectivity index (χ4v) is 5.09. The number of benzene rings is 2. The number of halogens is 1. The van der Waals surface area contributed by atoms with Gasteiger partial charge in [-0.25, -0.2) is 12.8 Å². The van der Waals surface area contributed by atoms with Gasteiger partial charge < -0.3 is 9.74 Å². The molecular formula is C21H22FN3O4S. The van der Waals surface area contributed by atoms with Gasteiger partial charge in [-0.3, -0.25) is 4.79 Å². The maximum atomic E-state index is 13.1. The fourth-order valence-electron chi connectivity index (χ4n) is 3.62. The number of amides is 1. The Morgan fingerprint density at radius 2 is 1.73 bits per heavy atom. The van der Waals surface area contributed by atoms with Crippen molar-refractivity contribution in [1.82, 2.24) is 9.21 Å². The summed E-state index contributed by atoms with van der Waals surface area (Å²) in [5.41, 5.74) is 1.64. The van der Waals surface area contributed by atoms with E-state index in [4.69, 9.17) is 4.84 Å². The normalized spacial score (nSPS) is 20.4. The average molecular weight is 431 g/mol. The van der Waals surface area contributed by atoms with E-state index in [9.17, 15) is 17.6 Å². The zero-order valence-corrected chi connectivity index (χ0v) is 17.1. The smallest absolute Gasteiger partial charge is 0.266 e. The van der Waals surface area contributed by atoms with E-state index in [-0.39, 0.29) is 23.9 Å². The highest BCUT2D eigenvalue weighted by molar-refractivity contribution is 7.89. The summed E-state index contributed by atoms with van der Waals surface area (Å²) >= 11 is 0. The van der Waals surface area contributed by atoms with Crippen LogP contribution in [-0.4, -0.2) is 61.5 Å². The Balaban J connectivity index is 1.39. The molecule has 0 radical (unpaired) electrons. The van der Waals surface area contributed by atoms with Gasteiger partial charge in [-0.2, -0.15) is 4.31 Å². The van der Waals surface area contributed by atoms with Crippen molar-refractivity contribution in [3.63, 3.8) is 0 Å². The Bertz CT molecular complexity index is 1040. The van der Waals surface area contributed by atoms with Crippen LogP contribution in [0.25, 0.3) is 0 Å². The number of nitrogens with zero attached hydrogens (tertiary/aromatic N) is 3. The first-order chi connectivity index (χ1) is 14.4. The van der Waals surface area contributed by atoms with Gasteiger partial charge in [-0.05, 0) is 36.2 Å². The lowest BCUT2D eigenvalue weighted by Gasteiger charge is -2.23. The van der Waals surface area contributed by atoms with E-state index in [2.05, 4.69) is 5.16 Å². The van der Waals surface area contributed by atoms with Gasteiger partial charge in [0.2, 0.25) is 16.1 Å². The first kappa shape index (κ1) is 20.5. The Kier molecular flexibility index (Phi) is 5.83. The summed E-state index contributed by atoms with van der Waals surface area (Å²) in [6.07, 6.45) is 0.197. The number of hydrogen-bond donors (Lipinski definition) is 0.